The van der Waals surface area contributed by atoms with Gasteiger partial charge in [-0.2, -0.15) is 0 Å². The molecule has 0 unspecified atom stereocenters. The average Bonchev–Trinajstić information content (AvgIpc) is 2.80. The normalized spacial score (nSPS) is 51.1. The molecule has 0 aromatic rings. The van der Waals surface area contributed by atoms with Crippen LogP contribution in [-0.4, -0.2) is 96.0 Å². The molecule has 11 heteroatoms. The number of alkyl halides is 3. The van der Waals surface area contributed by atoms with Gasteiger partial charge in [0.05, 0.1) is 33.9 Å². The summed E-state index contributed by atoms with van der Waals surface area (Å²) in [7, 11) is 0. The van der Waals surface area contributed by atoms with E-state index in [2.05, 4.69) is 15.9 Å². The molecule has 8 nitrogen and oxygen atoms in total. The second-order valence-corrected chi connectivity index (χ2v) is 7.59. The van der Waals surface area contributed by atoms with E-state index in [1.165, 1.54) is 0 Å². The first-order valence-electron chi connectivity index (χ1n) is 6.91. The fourth-order valence-corrected chi connectivity index (χ4v) is 4.22. The molecule has 2 fully saturated rings. The van der Waals surface area contributed by atoms with E-state index in [1.54, 1.807) is 0 Å². The zero-order valence-electron chi connectivity index (χ0n) is 11.8. The number of rotatable bonds is 5. The van der Waals surface area contributed by atoms with Gasteiger partial charge in [0.1, 0.15) is 24.4 Å². The van der Waals surface area contributed by atoms with Gasteiger partial charge < -0.3 is 39.7 Å². The Kier molecular flexibility index (Phi) is 7.35. The van der Waals surface area contributed by atoms with Gasteiger partial charge in [0.25, 0.3) is 0 Å². The zero-order chi connectivity index (χ0) is 17.4. The Morgan fingerprint density at radius 2 is 1.78 bits per heavy atom. The van der Waals surface area contributed by atoms with Gasteiger partial charge in [-0.05, 0) is 0 Å². The van der Waals surface area contributed by atoms with Crippen LogP contribution in [0.15, 0.2) is 0 Å². The van der Waals surface area contributed by atoms with E-state index in [4.69, 9.17) is 25.8 Å². The van der Waals surface area contributed by atoms with E-state index in [-0.39, 0.29) is 10.3 Å². The van der Waals surface area contributed by atoms with Crippen LogP contribution in [0.5, 0.6) is 0 Å². The molecular weight excluding hydrogens is 514 g/mol. The Morgan fingerprint density at radius 3 is 2.26 bits per heavy atom. The maximum Gasteiger partial charge on any atom is 0.209 e. The summed E-state index contributed by atoms with van der Waals surface area (Å²) in [6.45, 7) is -0.410. The maximum absolute atomic E-state index is 10.2. The summed E-state index contributed by atoms with van der Waals surface area (Å²) in [6, 6.07) is 0. The molecule has 2 aliphatic heterocycles. The molecule has 0 saturated carbocycles. The highest BCUT2D eigenvalue weighted by Crippen LogP contribution is 2.38. The van der Waals surface area contributed by atoms with Crippen LogP contribution in [0.25, 0.3) is 0 Å². The Balaban J connectivity index is 2.18. The van der Waals surface area contributed by atoms with Crippen molar-refractivity contribution in [3.05, 3.63) is 0 Å². The highest BCUT2D eigenvalue weighted by molar-refractivity contribution is 14.1. The lowest BCUT2D eigenvalue weighted by Crippen LogP contribution is -2.61. The van der Waals surface area contributed by atoms with Crippen molar-refractivity contribution in [3.63, 3.8) is 0 Å². The smallest absolute Gasteiger partial charge is 0.209 e. The first-order valence-corrected chi connectivity index (χ1v) is 9.89. The molecule has 0 aromatic carbocycles. The van der Waals surface area contributed by atoms with Gasteiger partial charge in [-0.25, -0.2) is 0 Å². The lowest BCUT2D eigenvalue weighted by molar-refractivity contribution is -0.355. The van der Waals surface area contributed by atoms with E-state index in [9.17, 15) is 25.5 Å². The van der Waals surface area contributed by atoms with Gasteiger partial charge in [0.2, 0.25) is 5.79 Å². The summed E-state index contributed by atoms with van der Waals surface area (Å²) in [6.07, 6.45) is -8.39. The third-order valence-corrected chi connectivity index (χ3v) is 6.46. The van der Waals surface area contributed by atoms with Crippen LogP contribution in [-0.2, 0) is 14.2 Å². The minimum absolute atomic E-state index is 0.0561. The number of hydrogen-bond acceptors (Lipinski definition) is 8. The van der Waals surface area contributed by atoms with Crippen LogP contribution in [0.4, 0.5) is 0 Å². The van der Waals surface area contributed by atoms with Crippen molar-refractivity contribution in [2.24, 2.45) is 0 Å². The van der Waals surface area contributed by atoms with E-state index in [1.807, 2.05) is 22.6 Å². The molecular formula is C12H19BrClIO8. The van der Waals surface area contributed by atoms with Crippen LogP contribution in [0.1, 0.15) is 0 Å². The predicted octanol–water partition coefficient (Wildman–Crippen LogP) is -1.30. The molecule has 5 N–H and O–H groups in total. The van der Waals surface area contributed by atoms with Crippen molar-refractivity contribution >= 4 is 50.1 Å². The minimum Gasteiger partial charge on any atom is -0.394 e. The van der Waals surface area contributed by atoms with E-state index >= 15 is 0 Å². The Morgan fingerprint density at radius 1 is 1.13 bits per heavy atom. The van der Waals surface area contributed by atoms with Crippen molar-refractivity contribution in [2.45, 2.75) is 53.5 Å². The van der Waals surface area contributed by atoms with Gasteiger partial charge in [-0.3, -0.25) is 0 Å². The first kappa shape index (κ1) is 20.5. The van der Waals surface area contributed by atoms with Crippen LogP contribution in [0.2, 0.25) is 0 Å². The summed E-state index contributed by atoms with van der Waals surface area (Å²) in [5.74, 6) is -1.70. The van der Waals surface area contributed by atoms with Crippen molar-refractivity contribution in [1.82, 2.24) is 0 Å². The van der Waals surface area contributed by atoms with Crippen LogP contribution in [0.3, 0.4) is 0 Å². The first-order chi connectivity index (χ1) is 10.8. The highest BCUT2D eigenvalue weighted by Gasteiger charge is 2.57. The summed E-state index contributed by atoms with van der Waals surface area (Å²) < 4.78 is 16.7. The largest absolute Gasteiger partial charge is 0.394 e. The van der Waals surface area contributed by atoms with Gasteiger partial charge in [-0.15, -0.1) is 11.6 Å². The number of hydrogen-bond donors (Lipinski definition) is 5. The van der Waals surface area contributed by atoms with Crippen molar-refractivity contribution in [1.29, 1.82) is 0 Å². The summed E-state index contributed by atoms with van der Waals surface area (Å²) in [4.78, 5) is -0.687. The summed E-state index contributed by atoms with van der Waals surface area (Å²) >= 11 is 10.7. The Bertz CT molecular complexity index is 407. The molecule has 0 bridgehead atoms. The number of ether oxygens (including phenoxy) is 3. The zero-order valence-corrected chi connectivity index (χ0v) is 16.3. The third-order valence-electron chi connectivity index (χ3n) is 3.96. The molecule has 0 radical (unpaired) electrons. The fourth-order valence-electron chi connectivity index (χ4n) is 2.56. The summed E-state index contributed by atoms with van der Waals surface area (Å²) in [5, 5.41) is 49.7. The molecule has 0 amide bonds. The molecule has 2 heterocycles. The van der Waals surface area contributed by atoms with Crippen LogP contribution < -0.4 is 0 Å². The Labute approximate surface area is 159 Å². The molecule has 0 aromatic heterocycles. The van der Waals surface area contributed by atoms with Gasteiger partial charge in [0, 0.05) is 0 Å². The minimum atomic E-state index is -1.65. The second kappa shape index (κ2) is 8.25. The van der Waals surface area contributed by atoms with Gasteiger partial charge >= 0.3 is 0 Å². The molecule has 2 rings (SSSR count). The third kappa shape index (κ3) is 3.82. The molecule has 2 saturated heterocycles. The quantitative estimate of drug-likeness (QED) is 0.218. The lowest BCUT2D eigenvalue weighted by atomic mass is 10.0. The number of aliphatic hydroxyl groups excluding tert-OH is 5. The van der Waals surface area contributed by atoms with Crippen molar-refractivity contribution in [2.75, 3.05) is 16.9 Å². The van der Waals surface area contributed by atoms with Crippen molar-refractivity contribution in [3.8, 4) is 0 Å². The van der Waals surface area contributed by atoms with Crippen LogP contribution in [0, 0.1) is 0 Å². The molecule has 23 heavy (non-hydrogen) atoms. The SMILES string of the molecule is OC[C@H]1O[C@H](O[C@]2(CI)O[C@H](CCl)[C@@H](O)[C@@H]2O)[C@H](O)[C@@H](O)[C@@H]1Br. The predicted molar refractivity (Wildman–Crippen MR) is 90.8 cm³/mol. The Hall–Kier alpha value is 1.18. The molecule has 136 valence electrons. The lowest BCUT2D eigenvalue weighted by Gasteiger charge is -2.43. The highest BCUT2D eigenvalue weighted by atomic mass is 127. The summed E-state index contributed by atoms with van der Waals surface area (Å²) in [5.41, 5.74) is 0. The van der Waals surface area contributed by atoms with E-state index in [0.717, 1.165) is 0 Å². The van der Waals surface area contributed by atoms with Crippen molar-refractivity contribution < 1.29 is 39.7 Å². The second-order valence-electron chi connectivity index (χ2n) is 5.46. The van der Waals surface area contributed by atoms with E-state index in [0.29, 0.717) is 0 Å². The molecule has 9 atom stereocenters. The molecule has 0 spiro atoms. The van der Waals surface area contributed by atoms with E-state index < -0.39 is 60.1 Å². The van der Waals surface area contributed by atoms with Gasteiger partial charge in [0.15, 0.2) is 6.29 Å². The van der Waals surface area contributed by atoms with Gasteiger partial charge in [-0.1, -0.05) is 38.5 Å². The monoisotopic (exact) mass is 532 g/mol. The average molecular weight is 534 g/mol. The topological polar surface area (TPSA) is 129 Å². The molecule has 2 aliphatic rings. The number of aliphatic hydroxyl groups is 5. The maximum atomic E-state index is 10.2. The van der Waals surface area contributed by atoms with Crippen LogP contribution >= 0.6 is 50.1 Å². The number of halogens is 3. The fraction of sp³-hybridized carbons (Fsp3) is 1.00. The molecule has 0 aliphatic carbocycles. The standard InChI is InChI=1S/C12H19BrClIO8/c13-6-5(2-16)21-11(9(19)8(6)18)23-12(3-15)10(20)7(17)4(1-14)22-12/h4-11,16-20H,1-3H2/t4-,5-,6-,7-,8+,9-,10+,11-,12+/m1/s1.